The fourth-order valence-electron chi connectivity index (χ4n) is 4.19. The van der Waals surface area contributed by atoms with E-state index in [1.165, 1.54) is 6.07 Å². The second kappa shape index (κ2) is 9.24. The maximum absolute atomic E-state index is 15.0. The summed E-state index contributed by atoms with van der Waals surface area (Å²) in [6, 6.07) is 14.7. The van der Waals surface area contributed by atoms with Crippen LogP contribution < -0.4 is 9.64 Å². The van der Waals surface area contributed by atoms with Crippen LogP contribution in [0.15, 0.2) is 48.5 Å². The van der Waals surface area contributed by atoms with Crippen LogP contribution in [0.4, 0.5) is 10.1 Å². The van der Waals surface area contributed by atoms with Crippen molar-refractivity contribution in [3.63, 3.8) is 0 Å². The van der Waals surface area contributed by atoms with Crippen LogP contribution in [0.5, 0.6) is 5.75 Å². The van der Waals surface area contributed by atoms with Crippen LogP contribution in [-0.4, -0.2) is 58.4 Å². The summed E-state index contributed by atoms with van der Waals surface area (Å²) < 4.78 is 22.2. The Labute approximate surface area is 188 Å². The highest BCUT2D eigenvalue weighted by Crippen LogP contribution is 2.33. The average Bonchev–Trinajstić information content (AvgIpc) is 3.31. The van der Waals surface area contributed by atoms with Gasteiger partial charge in [-0.3, -0.25) is 4.90 Å². The number of hydrogen-bond donors (Lipinski definition) is 0. The third-order valence-corrected chi connectivity index (χ3v) is 6.47. The Bertz CT molecular complexity index is 1040. The lowest BCUT2D eigenvalue weighted by Crippen LogP contribution is -2.49. The molecule has 0 spiro atoms. The van der Waals surface area contributed by atoms with Crippen LogP contribution in [-0.2, 0) is 5.54 Å². The van der Waals surface area contributed by atoms with Crippen molar-refractivity contribution in [3.8, 4) is 5.75 Å². The number of rotatable bonds is 7. The van der Waals surface area contributed by atoms with Gasteiger partial charge in [-0.1, -0.05) is 31.2 Å². The van der Waals surface area contributed by atoms with Gasteiger partial charge in [-0.2, -0.15) is 0 Å². The fraction of sp³-hybridized carbons (Fsp3) is 0.458. The Morgan fingerprint density at radius 2 is 1.81 bits per heavy atom. The van der Waals surface area contributed by atoms with Crippen LogP contribution in [0.2, 0.25) is 0 Å². The Kier molecular flexibility index (Phi) is 6.41. The average molecular weight is 439 g/mol. The summed E-state index contributed by atoms with van der Waals surface area (Å²) >= 11 is 0. The molecule has 0 unspecified atom stereocenters. The number of methoxy groups -OCH3 is 1. The minimum Gasteiger partial charge on any atom is -0.497 e. The highest BCUT2D eigenvalue weighted by molar-refractivity contribution is 5.51. The highest BCUT2D eigenvalue weighted by Gasteiger charge is 2.35. The van der Waals surface area contributed by atoms with Gasteiger partial charge >= 0.3 is 0 Å². The molecule has 0 amide bonds. The molecular formula is C24H31FN6O. The van der Waals surface area contributed by atoms with Crippen molar-refractivity contribution in [1.29, 1.82) is 0 Å². The molecule has 3 aromatic rings. The third kappa shape index (κ3) is 4.32. The molecule has 170 valence electrons. The van der Waals surface area contributed by atoms with Gasteiger partial charge in [-0.05, 0) is 48.9 Å². The van der Waals surface area contributed by atoms with Crippen molar-refractivity contribution in [3.05, 3.63) is 65.7 Å². The van der Waals surface area contributed by atoms with E-state index in [9.17, 15) is 4.39 Å². The monoisotopic (exact) mass is 438 g/mol. The van der Waals surface area contributed by atoms with Gasteiger partial charge in [0.2, 0.25) is 0 Å². The Balaban J connectivity index is 1.65. The zero-order valence-corrected chi connectivity index (χ0v) is 19.2. The smallest absolute Gasteiger partial charge is 0.173 e. The second-order valence-electron chi connectivity index (χ2n) is 8.76. The lowest BCUT2D eigenvalue weighted by Gasteiger charge is -2.40. The number of hydrogen-bond acceptors (Lipinski definition) is 6. The second-order valence-corrected chi connectivity index (χ2v) is 8.76. The minimum atomic E-state index is -0.357. The molecule has 1 atom stereocenters. The SMILES string of the molecule is CCC(C)(C)n1nnnc1[C@H](c1ccccc1F)N1CCN(c2cccc(OC)c2)CC1. The number of halogens is 1. The first-order valence-electron chi connectivity index (χ1n) is 11.1. The summed E-state index contributed by atoms with van der Waals surface area (Å²) in [5.41, 5.74) is 1.46. The number of benzene rings is 2. The lowest BCUT2D eigenvalue weighted by molar-refractivity contribution is 0.184. The Morgan fingerprint density at radius 1 is 1.06 bits per heavy atom. The predicted octanol–water partition coefficient (Wildman–Crippen LogP) is 3.88. The molecule has 0 aliphatic carbocycles. The van der Waals surface area contributed by atoms with E-state index in [4.69, 9.17) is 4.74 Å². The molecule has 1 saturated heterocycles. The number of nitrogens with zero attached hydrogens (tertiary/aromatic N) is 6. The minimum absolute atomic E-state index is 0.239. The summed E-state index contributed by atoms with van der Waals surface area (Å²) in [5, 5.41) is 12.7. The van der Waals surface area contributed by atoms with Crippen LogP contribution in [0.3, 0.4) is 0 Å². The molecule has 1 aromatic heterocycles. The molecule has 4 rings (SSSR count). The van der Waals surface area contributed by atoms with E-state index in [1.54, 1.807) is 13.2 Å². The third-order valence-electron chi connectivity index (χ3n) is 6.47. The molecule has 0 bridgehead atoms. The highest BCUT2D eigenvalue weighted by atomic mass is 19.1. The van der Waals surface area contributed by atoms with Gasteiger partial charge in [0.05, 0.1) is 12.6 Å². The van der Waals surface area contributed by atoms with Gasteiger partial charge in [-0.25, -0.2) is 9.07 Å². The number of piperazine rings is 1. The van der Waals surface area contributed by atoms with E-state index in [-0.39, 0.29) is 17.4 Å². The molecular weight excluding hydrogens is 407 g/mol. The van der Waals surface area contributed by atoms with E-state index in [1.807, 2.05) is 35.0 Å². The van der Waals surface area contributed by atoms with E-state index in [0.717, 1.165) is 44.0 Å². The van der Waals surface area contributed by atoms with Crippen LogP contribution in [0.25, 0.3) is 0 Å². The molecule has 0 radical (unpaired) electrons. The lowest BCUT2D eigenvalue weighted by atomic mass is 9.98. The number of anilines is 1. The van der Waals surface area contributed by atoms with Crippen molar-refractivity contribution in [1.82, 2.24) is 25.1 Å². The summed E-state index contributed by atoms with van der Waals surface area (Å²) in [4.78, 5) is 4.61. The van der Waals surface area contributed by atoms with E-state index in [2.05, 4.69) is 52.2 Å². The standard InChI is InChI=1S/C24H31FN6O/c1-5-24(2,3)31-23(26-27-28-31)22(20-11-6-7-12-21(20)25)30-15-13-29(14-16-30)18-9-8-10-19(17-18)32-4/h6-12,17,22H,5,13-16H2,1-4H3/t22-/m0/s1. The van der Waals surface area contributed by atoms with Gasteiger partial charge in [0.15, 0.2) is 5.82 Å². The molecule has 2 aromatic carbocycles. The normalized spacial score (nSPS) is 16.2. The maximum Gasteiger partial charge on any atom is 0.173 e. The molecule has 7 nitrogen and oxygen atoms in total. The van der Waals surface area contributed by atoms with Crippen LogP contribution in [0.1, 0.15) is 44.6 Å². The van der Waals surface area contributed by atoms with Crippen molar-refractivity contribution in [2.75, 3.05) is 38.2 Å². The fourth-order valence-corrected chi connectivity index (χ4v) is 4.19. The Hall–Kier alpha value is -3.00. The first kappa shape index (κ1) is 22.2. The van der Waals surface area contributed by atoms with Crippen molar-refractivity contribution >= 4 is 5.69 Å². The van der Waals surface area contributed by atoms with Crippen LogP contribution in [0, 0.1) is 5.82 Å². The molecule has 32 heavy (non-hydrogen) atoms. The molecule has 8 heteroatoms. The quantitative estimate of drug-likeness (QED) is 0.558. The van der Waals surface area contributed by atoms with E-state index < -0.39 is 0 Å². The molecule has 0 saturated carbocycles. The van der Waals surface area contributed by atoms with Gasteiger partial charge < -0.3 is 9.64 Å². The molecule has 1 aliphatic rings. The summed E-state index contributed by atoms with van der Waals surface area (Å²) in [6.45, 7) is 9.47. The van der Waals surface area contributed by atoms with Gasteiger partial charge in [0.1, 0.15) is 17.6 Å². The largest absolute Gasteiger partial charge is 0.497 e. The number of aromatic nitrogens is 4. The predicted molar refractivity (Wildman–Crippen MR) is 122 cm³/mol. The van der Waals surface area contributed by atoms with Gasteiger partial charge in [0, 0.05) is 43.5 Å². The molecule has 2 heterocycles. The molecule has 1 aliphatic heterocycles. The van der Waals surface area contributed by atoms with E-state index in [0.29, 0.717) is 11.4 Å². The van der Waals surface area contributed by atoms with Gasteiger partial charge in [-0.15, -0.1) is 5.10 Å². The first-order valence-corrected chi connectivity index (χ1v) is 11.1. The van der Waals surface area contributed by atoms with Crippen molar-refractivity contribution in [2.45, 2.75) is 38.8 Å². The van der Waals surface area contributed by atoms with Crippen molar-refractivity contribution in [2.24, 2.45) is 0 Å². The maximum atomic E-state index is 15.0. The summed E-state index contributed by atoms with van der Waals surface area (Å²) in [7, 11) is 1.68. The number of ether oxygens (including phenoxy) is 1. The van der Waals surface area contributed by atoms with Crippen LogP contribution >= 0.6 is 0 Å². The van der Waals surface area contributed by atoms with E-state index >= 15 is 0 Å². The van der Waals surface area contributed by atoms with Crippen molar-refractivity contribution < 1.29 is 9.13 Å². The summed E-state index contributed by atoms with van der Waals surface area (Å²) in [6.07, 6.45) is 0.860. The first-order chi connectivity index (χ1) is 15.4. The number of tetrazole rings is 1. The molecule has 1 fully saturated rings. The van der Waals surface area contributed by atoms with Gasteiger partial charge in [0.25, 0.3) is 0 Å². The molecule has 0 N–H and O–H groups in total. The Morgan fingerprint density at radius 3 is 2.50 bits per heavy atom. The topological polar surface area (TPSA) is 59.3 Å². The zero-order chi connectivity index (χ0) is 22.7. The summed E-state index contributed by atoms with van der Waals surface area (Å²) in [5.74, 6) is 1.28. The zero-order valence-electron chi connectivity index (χ0n) is 19.2.